The number of rotatable bonds is 8. The molecule has 1 aliphatic rings. The largest absolute Gasteiger partial charge is 0.487 e. The van der Waals surface area contributed by atoms with Crippen LogP contribution in [0.5, 0.6) is 5.75 Å². The molecular formula is C18H26N8O3S. The van der Waals surface area contributed by atoms with Crippen molar-refractivity contribution in [3.05, 3.63) is 18.7 Å². The predicted octanol–water partition coefficient (Wildman–Crippen LogP) is 1.60. The molecule has 0 radical (unpaired) electrons. The average molecular weight is 435 g/mol. The van der Waals surface area contributed by atoms with E-state index in [-0.39, 0.29) is 11.9 Å². The monoisotopic (exact) mass is 434 g/mol. The van der Waals surface area contributed by atoms with Crippen LogP contribution in [0.15, 0.2) is 18.7 Å². The van der Waals surface area contributed by atoms with Crippen LogP contribution in [-0.2, 0) is 11.1 Å². The van der Waals surface area contributed by atoms with Crippen LogP contribution in [0.1, 0.15) is 26.7 Å². The molecule has 11 nitrogen and oxygen atoms in total. The standard InChI is InChI=1S/C18H26N8O3S/c1-12(2)9-29-16-15(13-7-20-21-8-13)19-10-26-17(16)23-18(24-26)22-14-3-5-25(6-4-14)11-30(27)28/h7-8,10,12,14H,3-6,9,11H2,1-2H3,(H,20,21)(H,22,24)(H,27,28). The summed E-state index contributed by atoms with van der Waals surface area (Å²) < 4.78 is 27.7. The number of aromatic amines is 1. The zero-order valence-corrected chi connectivity index (χ0v) is 17.8. The van der Waals surface area contributed by atoms with E-state index < -0.39 is 11.1 Å². The van der Waals surface area contributed by atoms with E-state index in [0.717, 1.165) is 31.5 Å². The molecule has 162 valence electrons. The minimum Gasteiger partial charge on any atom is -0.487 e. The Balaban J connectivity index is 1.55. The summed E-state index contributed by atoms with van der Waals surface area (Å²) in [6.07, 6.45) is 6.79. The number of ether oxygens (including phenoxy) is 1. The zero-order valence-electron chi connectivity index (χ0n) is 17.0. The van der Waals surface area contributed by atoms with Crippen molar-refractivity contribution in [3.63, 3.8) is 0 Å². The summed E-state index contributed by atoms with van der Waals surface area (Å²) in [7, 11) is 0. The molecule has 0 bridgehead atoms. The second-order valence-electron chi connectivity index (χ2n) is 7.80. The molecule has 1 atom stereocenters. The summed E-state index contributed by atoms with van der Waals surface area (Å²) in [4.78, 5) is 11.2. The summed E-state index contributed by atoms with van der Waals surface area (Å²) in [5.74, 6) is 1.63. The van der Waals surface area contributed by atoms with Crippen molar-refractivity contribution in [1.29, 1.82) is 0 Å². The Labute approximate surface area is 176 Å². The number of nitrogens with one attached hydrogen (secondary N) is 2. The van der Waals surface area contributed by atoms with E-state index in [9.17, 15) is 4.21 Å². The topological polar surface area (TPSA) is 134 Å². The molecule has 3 aromatic rings. The van der Waals surface area contributed by atoms with E-state index >= 15 is 0 Å². The lowest BCUT2D eigenvalue weighted by molar-refractivity contribution is 0.247. The fourth-order valence-corrected chi connectivity index (χ4v) is 3.98. The second kappa shape index (κ2) is 9.06. The van der Waals surface area contributed by atoms with Crippen molar-refractivity contribution in [2.75, 3.05) is 30.9 Å². The number of hydrogen-bond donors (Lipinski definition) is 3. The van der Waals surface area contributed by atoms with Gasteiger partial charge in [-0.2, -0.15) is 14.6 Å². The molecule has 0 spiro atoms. The summed E-state index contributed by atoms with van der Waals surface area (Å²) in [6, 6.07) is 0.201. The molecule has 1 aliphatic heterocycles. The van der Waals surface area contributed by atoms with Crippen molar-refractivity contribution in [3.8, 4) is 17.0 Å². The Kier molecular flexibility index (Phi) is 6.25. The van der Waals surface area contributed by atoms with Crippen LogP contribution in [0.2, 0.25) is 0 Å². The molecule has 3 N–H and O–H groups in total. The second-order valence-corrected chi connectivity index (χ2v) is 8.71. The van der Waals surface area contributed by atoms with Gasteiger partial charge in [-0.3, -0.25) is 10.00 Å². The number of fused-ring (bicyclic) bond motifs is 1. The first-order valence-corrected chi connectivity index (χ1v) is 11.2. The van der Waals surface area contributed by atoms with Gasteiger partial charge in [-0.15, -0.1) is 5.10 Å². The number of anilines is 1. The number of piperidine rings is 1. The maximum absolute atomic E-state index is 11.0. The van der Waals surface area contributed by atoms with Crippen molar-refractivity contribution in [1.82, 2.24) is 34.7 Å². The van der Waals surface area contributed by atoms with E-state index in [1.165, 1.54) is 0 Å². The normalized spacial score (nSPS) is 16.9. The third-order valence-corrected chi connectivity index (χ3v) is 5.48. The minimum atomic E-state index is -1.80. The van der Waals surface area contributed by atoms with Gasteiger partial charge >= 0.3 is 0 Å². The van der Waals surface area contributed by atoms with Crippen molar-refractivity contribution in [2.45, 2.75) is 32.7 Å². The van der Waals surface area contributed by atoms with Gasteiger partial charge < -0.3 is 14.6 Å². The molecule has 12 heteroatoms. The molecule has 1 fully saturated rings. The fourth-order valence-electron chi connectivity index (χ4n) is 3.41. The molecule has 1 saturated heterocycles. The van der Waals surface area contributed by atoms with E-state index in [1.807, 2.05) is 4.90 Å². The number of likely N-dealkylation sites (tertiary alicyclic amines) is 1. The lowest BCUT2D eigenvalue weighted by atomic mass is 10.1. The van der Waals surface area contributed by atoms with E-state index in [1.54, 1.807) is 23.2 Å². The van der Waals surface area contributed by atoms with Gasteiger partial charge in [0.25, 0.3) is 0 Å². The smallest absolute Gasteiger partial charge is 0.243 e. The van der Waals surface area contributed by atoms with Crippen LogP contribution < -0.4 is 10.1 Å². The van der Waals surface area contributed by atoms with Crippen LogP contribution >= 0.6 is 0 Å². The van der Waals surface area contributed by atoms with Gasteiger partial charge in [0.1, 0.15) is 17.9 Å². The summed E-state index contributed by atoms with van der Waals surface area (Å²) in [6.45, 7) is 6.21. The SMILES string of the molecule is CC(C)COc1c(-c2cn[nH]c2)ncn2nc(NC3CCN(CS(=O)O)CC3)nc12. The zero-order chi connectivity index (χ0) is 21.1. The molecule has 3 aromatic heterocycles. The molecule has 0 aliphatic carbocycles. The molecule has 0 saturated carbocycles. The third kappa shape index (κ3) is 4.77. The van der Waals surface area contributed by atoms with E-state index in [4.69, 9.17) is 9.29 Å². The Morgan fingerprint density at radius 2 is 2.20 bits per heavy atom. The molecule has 0 amide bonds. The Bertz CT molecular complexity index is 998. The number of aromatic nitrogens is 6. The van der Waals surface area contributed by atoms with Gasteiger partial charge in [0, 0.05) is 30.9 Å². The van der Waals surface area contributed by atoms with Crippen molar-refractivity contribution >= 4 is 22.7 Å². The first kappa shape index (κ1) is 20.7. The average Bonchev–Trinajstić information content (AvgIpc) is 3.36. The van der Waals surface area contributed by atoms with Crippen LogP contribution in [0, 0.1) is 5.92 Å². The molecule has 30 heavy (non-hydrogen) atoms. The third-order valence-electron chi connectivity index (χ3n) is 4.89. The quantitative estimate of drug-likeness (QED) is 0.452. The van der Waals surface area contributed by atoms with Crippen LogP contribution in [0.25, 0.3) is 16.9 Å². The van der Waals surface area contributed by atoms with E-state index in [2.05, 4.69) is 44.4 Å². The highest BCUT2D eigenvalue weighted by atomic mass is 32.2. The molecule has 0 aromatic carbocycles. The van der Waals surface area contributed by atoms with E-state index in [0.29, 0.717) is 35.6 Å². The molecular weight excluding hydrogens is 408 g/mol. The first-order chi connectivity index (χ1) is 14.5. The predicted molar refractivity (Wildman–Crippen MR) is 113 cm³/mol. The summed E-state index contributed by atoms with van der Waals surface area (Å²) in [5.41, 5.74) is 2.08. The maximum atomic E-state index is 11.0. The number of hydrogen-bond acceptors (Lipinski definition) is 8. The minimum absolute atomic E-state index is 0.193. The first-order valence-electron chi connectivity index (χ1n) is 9.93. The molecule has 1 unspecified atom stereocenters. The lowest BCUT2D eigenvalue weighted by Gasteiger charge is -2.30. The van der Waals surface area contributed by atoms with Gasteiger partial charge in [0.05, 0.1) is 12.8 Å². The van der Waals surface area contributed by atoms with Gasteiger partial charge in [-0.05, 0) is 18.8 Å². The fraction of sp³-hybridized carbons (Fsp3) is 0.556. The number of nitrogens with zero attached hydrogens (tertiary/aromatic N) is 6. The molecule has 4 rings (SSSR count). The highest BCUT2D eigenvalue weighted by Crippen LogP contribution is 2.31. The Morgan fingerprint density at radius 1 is 1.40 bits per heavy atom. The Morgan fingerprint density at radius 3 is 2.87 bits per heavy atom. The lowest BCUT2D eigenvalue weighted by Crippen LogP contribution is -2.40. The van der Waals surface area contributed by atoms with Crippen molar-refractivity contribution < 1.29 is 13.5 Å². The van der Waals surface area contributed by atoms with Gasteiger partial charge in [0.15, 0.2) is 16.8 Å². The number of H-pyrrole nitrogens is 1. The van der Waals surface area contributed by atoms with Gasteiger partial charge in [-0.1, -0.05) is 13.8 Å². The highest BCUT2D eigenvalue weighted by molar-refractivity contribution is 7.79. The van der Waals surface area contributed by atoms with Crippen molar-refractivity contribution in [2.24, 2.45) is 5.92 Å². The van der Waals surface area contributed by atoms with Crippen LogP contribution in [0.4, 0.5) is 5.95 Å². The summed E-state index contributed by atoms with van der Waals surface area (Å²) >= 11 is -1.80. The van der Waals surface area contributed by atoms with Gasteiger partial charge in [-0.25, -0.2) is 9.19 Å². The van der Waals surface area contributed by atoms with Gasteiger partial charge in [0.2, 0.25) is 11.6 Å². The maximum Gasteiger partial charge on any atom is 0.243 e. The highest BCUT2D eigenvalue weighted by Gasteiger charge is 2.23. The molecule has 4 heterocycles. The van der Waals surface area contributed by atoms with Crippen LogP contribution in [0.3, 0.4) is 0 Å². The van der Waals surface area contributed by atoms with Crippen LogP contribution in [-0.4, -0.2) is 75.1 Å². The summed E-state index contributed by atoms with van der Waals surface area (Å²) in [5, 5.41) is 14.7. The Hall–Kier alpha value is -2.57.